The Morgan fingerprint density at radius 2 is 1.90 bits per heavy atom. The molecule has 0 amide bonds. The van der Waals surface area contributed by atoms with Gasteiger partial charge in [0, 0.05) is 13.3 Å². The Kier molecular flexibility index (Phi) is 3.26. The molecule has 0 unspecified atom stereocenters. The van der Waals surface area contributed by atoms with E-state index in [1.165, 1.54) is 24.6 Å². The predicted molar refractivity (Wildman–Crippen MR) is 73.9 cm³/mol. The van der Waals surface area contributed by atoms with Crippen molar-refractivity contribution in [3.05, 3.63) is 70.5 Å². The number of fused-ring (bicyclic) bond motifs is 2. The van der Waals surface area contributed by atoms with Crippen LogP contribution >= 0.6 is 0 Å². The van der Waals surface area contributed by atoms with Crippen molar-refractivity contribution in [3.63, 3.8) is 0 Å². The average Bonchev–Trinajstić information content (AvgIpc) is 2.55. The number of esters is 1. The fourth-order valence-electron chi connectivity index (χ4n) is 2.78. The van der Waals surface area contributed by atoms with Gasteiger partial charge in [0.05, 0.1) is 0 Å². The molecule has 20 heavy (non-hydrogen) atoms. The molecule has 3 heteroatoms. The van der Waals surface area contributed by atoms with Crippen LogP contribution in [0.4, 0.5) is 4.39 Å². The zero-order valence-electron chi connectivity index (χ0n) is 11.2. The maximum atomic E-state index is 13.5. The third kappa shape index (κ3) is 2.44. The lowest BCUT2D eigenvalue weighted by Gasteiger charge is -2.18. The van der Waals surface area contributed by atoms with E-state index in [4.69, 9.17) is 4.74 Å². The molecule has 0 aliphatic heterocycles. The molecule has 2 aromatic rings. The van der Waals surface area contributed by atoms with Gasteiger partial charge in [0.2, 0.25) is 0 Å². The second-order valence-electron chi connectivity index (χ2n) is 5.09. The van der Waals surface area contributed by atoms with E-state index in [0.717, 1.165) is 23.1 Å². The summed E-state index contributed by atoms with van der Waals surface area (Å²) in [5, 5.41) is 0. The SMILES string of the molecule is CC(=O)O[C@H]1Cc2ccccc2Cc2ccc(F)cc21. The van der Waals surface area contributed by atoms with E-state index in [-0.39, 0.29) is 11.8 Å². The van der Waals surface area contributed by atoms with Crippen molar-refractivity contribution in [2.24, 2.45) is 0 Å². The second kappa shape index (κ2) is 5.08. The Balaban J connectivity index is 2.11. The van der Waals surface area contributed by atoms with E-state index in [1.807, 2.05) is 18.2 Å². The number of carbonyl (C=O) groups is 1. The van der Waals surface area contributed by atoms with Crippen LogP contribution in [0.3, 0.4) is 0 Å². The number of hydrogen-bond donors (Lipinski definition) is 0. The Morgan fingerprint density at radius 3 is 2.65 bits per heavy atom. The van der Waals surface area contributed by atoms with Crippen LogP contribution in [0.15, 0.2) is 42.5 Å². The fraction of sp³-hybridized carbons (Fsp3) is 0.235. The first kappa shape index (κ1) is 12.9. The quantitative estimate of drug-likeness (QED) is 0.740. The highest BCUT2D eigenvalue weighted by atomic mass is 19.1. The van der Waals surface area contributed by atoms with Gasteiger partial charge in [-0.3, -0.25) is 4.79 Å². The van der Waals surface area contributed by atoms with Crippen molar-refractivity contribution in [1.29, 1.82) is 0 Å². The summed E-state index contributed by atoms with van der Waals surface area (Å²) in [5.41, 5.74) is 4.14. The summed E-state index contributed by atoms with van der Waals surface area (Å²) >= 11 is 0. The Labute approximate surface area is 117 Å². The highest BCUT2D eigenvalue weighted by Gasteiger charge is 2.24. The largest absolute Gasteiger partial charge is 0.457 e. The van der Waals surface area contributed by atoms with Crippen LogP contribution in [0.5, 0.6) is 0 Å². The predicted octanol–water partition coefficient (Wildman–Crippen LogP) is 3.58. The van der Waals surface area contributed by atoms with E-state index in [1.54, 1.807) is 6.07 Å². The number of rotatable bonds is 1. The van der Waals surface area contributed by atoms with Crippen LogP contribution in [0.2, 0.25) is 0 Å². The molecule has 1 aliphatic rings. The molecular formula is C17H15FO2. The monoisotopic (exact) mass is 270 g/mol. The van der Waals surface area contributed by atoms with Crippen molar-refractivity contribution in [2.75, 3.05) is 0 Å². The van der Waals surface area contributed by atoms with Gasteiger partial charge in [-0.2, -0.15) is 0 Å². The summed E-state index contributed by atoms with van der Waals surface area (Å²) in [6.45, 7) is 1.38. The van der Waals surface area contributed by atoms with Crippen LogP contribution in [-0.4, -0.2) is 5.97 Å². The summed E-state index contributed by atoms with van der Waals surface area (Å²) < 4.78 is 18.9. The Bertz CT molecular complexity index is 664. The molecule has 0 heterocycles. The maximum Gasteiger partial charge on any atom is 0.303 e. The van der Waals surface area contributed by atoms with Crippen molar-refractivity contribution >= 4 is 5.97 Å². The fourth-order valence-corrected chi connectivity index (χ4v) is 2.78. The molecule has 0 fully saturated rings. The summed E-state index contributed by atoms with van der Waals surface area (Å²) in [5.74, 6) is -0.642. The molecular weight excluding hydrogens is 255 g/mol. The molecule has 0 spiro atoms. The lowest BCUT2D eigenvalue weighted by Crippen LogP contribution is -2.12. The lowest BCUT2D eigenvalue weighted by atomic mass is 10.00. The normalized spacial score (nSPS) is 16.8. The zero-order chi connectivity index (χ0) is 14.1. The first-order valence-electron chi connectivity index (χ1n) is 6.66. The van der Waals surface area contributed by atoms with Gasteiger partial charge in [-0.05, 0) is 40.8 Å². The molecule has 3 rings (SSSR count). The van der Waals surface area contributed by atoms with Gasteiger partial charge in [-0.1, -0.05) is 30.3 Å². The summed E-state index contributed by atoms with van der Waals surface area (Å²) in [6, 6.07) is 12.8. The van der Waals surface area contributed by atoms with E-state index in [2.05, 4.69) is 6.07 Å². The van der Waals surface area contributed by atoms with Crippen molar-refractivity contribution in [1.82, 2.24) is 0 Å². The second-order valence-corrected chi connectivity index (χ2v) is 5.09. The highest BCUT2D eigenvalue weighted by Crippen LogP contribution is 2.33. The first-order valence-corrected chi connectivity index (χ1v) is 6.66. The third-order valence-electron chi connectivity index (χ3n) is 3.67. The molecule has 0 aromatic heterocycles. The summed E-state index contributed by atoms with van der Waals surface area (Å²) in [6.07, 6.45) is 0.914. The van der Waals surface area contributed by atoms with Gasteiger partial charge < -0.3 is 4.74 Å². The van der Waals surface area contributed by atoms with Crippen LogP contribution in [-0.2, 0) is 22.4 Å². The lowest BCUT2D eigenvalue weighted by molar-refractivity contribution is -0.146. The minimum absolute atomic E-state index is 0.299. The van der Waals surface area contributed by atoms with Gasteiger partial charge in [-0.25, -0.2) is 4.39 Å². The maximum absolute atomic E-state index is 13.5. The minimum atomic E-state index is -0.415. The molecule has 1 aliphatic carbocycles. The van der Waals surface area contributed by atoms with Crippen LogP contribution in [0.1, 0.15) is 35.3 Å². The molecule has 1 atom stereocenters. The number of benzene rings is 2. The Morgan fingerprint density at radius 1 is 1.15 bits per heavy atom. The topological polar surface area (TPSA) is 26.3 Å². The smallest absolute Gasteiger partial charge is 0.303 e. The molecule has 2 nitrogen and oxygen atoms in total. The third-order valence-corrected chi connectivity index (χ3v) is 3.67. The molecule has 0 saturated carbocycles. The molecule has 0 saturated heterocycles. The van der Waals surface area contributed by atoms with Crippen molar-refractivity contribution in [2.45, 2.75) is 25.9 Å². The van der Waals surface area contributed by atoms with Crippen LogP contribution in [0, 0.1) is 5.82 Å². The van der Waals surface area contributed by atoms with Gasteiger partial charge in [-0.15, -0.1) is 0 Å². The van der Waals surface area contributed by atoms with Gasteiger partial charge in [0.1, 0.15) is 11.9 Å². The first-order chi connectivity index (χ1) is 9.63. The van der Waals surface area contributed by atoms with E-state index < -0.39 is 6.10 Å². The molecule has 2 aromatic carbocycles. The van der Waals surface area contributed by atoms with Crippen molar-refractivity contribution < 1.29 is 13.9 Å². The number of hydrogen-bond acceptors (Lipinski definition) is 2. The number of ether oxygens (including phenoxy) is 1. The average molecular weight is 270 g/mol. The van der Waals surface area contributed by atoms with Gasteiger partial charge >= 0.3 is 5.97 Å². The summed E-state index contributed by atoms with van der Waals surface area (Å²) in [4.78, 5) is 11.3. The van der Waals surface area contributed by atoms with E-state index in [9.17, 15) is 9.18 Å². The van der Waals surface area contributed by atoms with Crippen molar-refractivity contribution in [3.8, 4) is 0 Å². The molecule has 0 radical (unpaired) electrons. The van der Waals surface area contributed by atoms with Gasteiger partial charge in [0.25, 0.3) is 0 Å². The van der Waals surface area contributed by atoms with E-state index >= 15 is 0 Å². The van der Waals surface area contributed by atoms with Crippen LogP contribution in [0.25, 0.3) is 0 Å². The zero-order valence-corrected chi connectivity index (χ0v) is 11.2. The molecule has 102 valence electrons. The van der Waals surface area contributed by atoms with Gasteiger partial charge in [0.15, 0.2) is 0 Å². The van der Waals surface area contributed by atoms with E-state index in [0.29, 0.717) is 6.42 Å². The molecule has 0 N–H and O–H groups in total. The number of halogens is 1. The van der Waals surface area contributed by atoms with Crippen LogP contribution < -0.4 is 0 Å². The minimum Gasteiger partial charge on any atom is -0.457 e. The molecule has 0 bridgehead atoms. The number of carbonyl (C=O) groups excluding carboxylic acids is 1. The summed E-state index contributed by atoms with van der Waals surface area (Å²) in [7, 11) is 0. The standard InChI is InChI=1S/C17H15FO2/c1-11(19)20-17-9-13-5-3-2-4-12(13)8-14-6-7-15(18)10-16(14)17/h2-7,10,17H,8-9H2,1H3/t17-/m0/s1. The highest BCUT2D eigenvalue weighted by molar-refractivity contribution is 5.66. The Hall–Kier alpha value is -2.16.